The van der Waals surface area contributed by atoms with E-state index in [1.807, 2.05) is 0 Å². The first-order valence-corrected chi connectivity index (χ1v) is 10.9. The van der Waals surface area contributed by atoms with E-state index < -0.39 is 44.2 Å². The molecule has 0 aliphatic carbocycles. The molecule has 0 radical (unpaired) electrons. The maximum Gasteiger partial charge on any atom is 0.417 e. The summed E-state index contributed by atoms with van der Waals surface area (Å²) in [4.78, 5) is 13.4. The zero-order chi connectivity index (χ0) is 23.7. The Hall–Kier alpha value is -2.44. The Morgan fingerprint density at radius 1 is 1.03 bits per heavy atom. The molecule has 1 fully saturated rings. The number of amides is 1. The third kappa shape index (κ3) is 5.13. The van der Waals surface area contributed by atoms with Gasteiger partial charge in [0, 0.05) is 26.2 Å². The third-order valence-corrected chi connectivity index (χ3v) is 6.96. The summed E-state index contributed by atoms with van der Waals surface area (Å²) in [6.07, 6.45) is -4.83. The van der Waals surface area contributed by atoms with Crippen LogP contribution in [0.15, 0.2) is 47.4 Å². The largest absolute Gasteiger partial charge is 0.434 e. The lowest BCUT2D eigenvalue weighted by Gasteiger charge is -2.34. The molecule has 174 valence electrons. The topological polar surface area (TPSA) is 66.9 Å². The number of carbonyl (C=O) groups excluding carboxylic acids is 1. The minimum Gasteiger partial charge on any atom is -0.434 e. The molecule has 0 bridgehead atoms. The van der Waals surface area contributed by atoms with Crippen molar-refractivity contribution in [2.24, 2.45) is 0 Å². The molecule has 6 nitrogen and oxygen atoms in total. The molecule has 0 N–H and O–H groups in total. The highest BCUT2D eigenvalue weighted by molar-refractivity contribution is 7.89. The number of ether oxygens (including phenoxy) is 1. The highest BCUT2D eigenvalue weighted by Crippen LogP contribution is 2.36. The van der Waals surface area contributed by atoms with Gasteiger partial charge in [-0.05, 0) is 30.3 Å². The fourth-order valence-electron chi connectivity index (χ4n) is 3.18. The number of hydrogen-bond donors (Lipinski definition) is 0. The summed E-state index contributed by atoms with van der Waals surface area (Å²) in [6, 6.07) is 7.69. The van der Waals surface area contributed by atoms with Crippen molar-refractivity contribution in [2.75, 3.05) is 26.2 Å². The molecule has 1 aliphatic heterocycles. The number of sulfonamides is 1. The molecule has 0 aromatic heterocycles. The fraction of sp³-hybridized carbons (Fsp3) is 0.316. The summed E-state index contributed by atoms with van der Waals surface area (Å²) in [5.74, 6) is -0.951. The Morgan fingerprint density at radius 3 is 2.25 bits per heavy atom. The second kappa shape index (κ2) is 9.20. The SMILES string of the molecule is O=C(c1ccccc1OC(F)F)N1CCN(S(=O)(=O)c2ccc(Cl)c(C(F)(F)F)c2)CC1. The number of para-hydroxylation sites is 1. The van der Waals surface area contributed by atoms with Gasteiger partial charge in [0.2, 0.25) is 10.0 Å². The zero-order valence-corrected chi connectivity index (χ0v) is 17.7. The monoisotopic (exact) mass is 498 g/mol. The van der Waals surface area contributed by atoms with Gasteiger partial charge >= 0.3 is 12.8 Å². The van der Waals surface area contributed by atoms with Crippen LogP contribution in [0, 0.1) is 0 Å². The lowest BCUT2D eigenvalue weighted by Crippen LogP contribution is -2.50. The van der Waals surface area contributed by atoms with Crippen LogP contribution in [-0.4, -0.2) is 56.3 Å². The summed E-state index contributed by atoms with van der Waals surface area (Å²) < 4.78 is 95.3. The van der Waals surface area contributed by atoms with Crippen LogP contribution in [0.4, 0.5) is 22.0 Å². The van der Waals surface area contributed by atoms with Crippen LogP contribution in [0.2, 0.25) is 5.02 Å². The lowest BCUT2D eigenvalue weighted by molar-refractivity contribution is -0.137. The Bertz CT molecular complexity index is 1100. The van der Waals surface area contributed by atoms with Gasteiger partial charge in [-0.2, -0.15) is 26.3 Å². The minimum atomic E-state index is -4.83. The second-order valence-electron chi connectivity index (χ2n) is 6.71. The molecule has 3 rings (SSSR count). The highest BCUT2D eigenvalue weighted by Gasteiger charge is 2.36. The normalized spacial score (nSPS) is 15.8. The fourth-order valence-corrected chi connectivity index (χ4v) is 4.85. The highest BCUT2D eigenvalue weighted by atomic mass is 35.5. The molecule has 13 heteroatoms. The predicted octanol–water partition coefficient (Wildman–Crippen LogP) is 4.11. The number of carbonyl (C=O) groups is 1. The van der Waals surface area contributed by atoms with Crippen LogP contribution in [0.1, 0.15) is 15.9 Å². The van der Waals surface area contributed by atoms with Crippen molar-refractivity contribution in [3.63, 3.8) is 0 Å². The molecule has 32 heavy (non-hydrogen) atoms. The van der Waals surface area contributed by atoms with Gasteiger partial charge in [0.05, 0.1) is 21.0 Å². The van der Waals surface area contributed by atoms with Crippen molar-refractivity contribution in [3.05, 3.63) is 58.6 Å². The van der Waals surface area contributed by atoms with Crippen LogP contribution >= 0.6 is 11.6 Å². The van der Waals surface area contributed by atoms with Crippen LogP contribution in [0.25, 0.3) is 0 Å². The van der Waals surface area contributed by atoms with Gasteiger partial charge in [0.25, 0.3) is 5.91 Å². The molecule has 0 unspecified atom stereocenters. The van der Waals surface area contributed by atoms with E-state index in [-0.39, 0.29) is 37.5 Å². The molecule has 0 saturated carbocycles. The smallest absolute Gasteiger partial charge is 0.417 e. The van der Waals surface area contributed by atoms with Crippen LogP contribution in [-0.2, 0) is 16.2 Å². The first kappa shape index (κ1) is 24.2. The maximum atomic E-state index is 13.1. The van der Waals surface area contributed by atoms with Gasteiger partial charge in [0.15, 0.2) is 0 Å². The van der Waals surface area contributed by atoms with Gasteiger partial charge in [-0.15, -0.1) is 0 Å². The summed E-state index contributed by atoms with van der Waals surface area (Å²) in [5, 5.41) is -0.628. The van der Waals surface area contributed by atoms with Gasteiger partial charge in [0.1, 0.15) is 5.75 Å². The lowest BCUT2D eigenvalue weighted by atomic mass is 10.1. The maximum absolute atomic E-state index is 13.1. The molecule has 1 amide bonds. The Kier molecular flexibility index (Phi) is 6.96. The van der Waals surface area contributed by atoms with E-state index in [4.69, 9.17) is 11.6 Å². The average Bonchev–Trinajstić information content (AvgIpc) is 2.72. The molecule has 1 saturated heterocycles. The number of nitrogens with zero attached hydrogens (tertiary/aromatic N) is 2. The number of benzene rings is 2. The molecule has 1 heterocycles. The van der Waals surface area contributed by atoms with Crippen LogP contribution in [0.5, 0.6) is 5.75 Å². The molecule has 1 aliphatic rings. The zero-order valence-electron chi connectivity index (χ0n) is 16.2. The number of alkyl halides is 5. The van der Waals surface area contributed by atoms with Crippen molar-refractivity contribution in [1.82, 2.24) is 9.21 Å². The van der Waals surface area contributed by atoms with E-state index >= 15 is 0 Å². The van der Waals surface area contributed by atoms with Crippen LogP contribution < -0.4 is 4.74 Å². The predicted molar refractivity (Wildman–Crippen MR) is 104 cm³/mol. The quantitative estimate of drug-likeness (QED) is 0.582. The van der Waals surface area contributed by atoms with E-state index in [9.17, 15) is 35.2 Å². The first-order chi connectivity index (χ1) is 14.9. The van der Waals surface area contributed by atoms with Crippen molar-refractivity contribution in [3.8, 4) is 5.75 Å². The van der Waals surface area contributed by atoms with Crippen LogP contribution in [0.3, 0.4) is 0 Å². The van der Waals surface area contributed by atoms with E-state index in [1.165, 1.54) is 29.2 Å². The summed E-state index contributed by atoms with van der Waals surface area (Å²) >= 11 is 5.54. The van der Waals surface area contributed by atoms with Crippen molar-refractivity contribution >= 4 is 27.5 Å². The van der Waals surface area contributed by atoms with Crippen molar-refractivity contribution < 1.29 is 39.9 Å². The molecular weight excluding hydrogens is 483 g/mol. The Balaban J connectivity index is 1.75. The number of rotatable bonds is 5. The molecule has 0 spiro atoms. The Labute approximate surface area is 185 Å². The van der Waals surface area contributed by atoms with E-state index in [1.54, 1.807) is 0 Å². The summed E-state index contributed by atoms with van der Waals surface area (Å²) in [6.45, 7) is -3.72. The summed E-state index contributed by atoms with van der Waals surface area (Å²) in [7, 11) is -4.29. The molecule has 2 aromatic rings. The first-order valence-electron chi connectivity index (χ1n) is 9.11. The molecule has 2 aromatic carbocycles. The average molecular weight is 499 g/mol. The molecule has 0 atom stereocenters. The standard InChI is InChI=1S/C19H16ClF5N2O4S/c20-15-6-5-12(11-14(15)19(23,24)25)32(29,30)27-9-7-26(8-10-27)17(28)13-3-1-2-4-16(13)31-18(21)22/h1-6,11,18H,7-10H2. The number of halogens is 6. The van der Waals surface area contributed by atoms with Gasteiger partial charge in [-0.3, -0.25) is 4.79 Å². The van der Waals surface area contributed by atoms with E-state index in [0.29, 0.717) is 6.07 Å². The van der Waals surface area contributed by atoms with Gasteiger partial charge in [-0.25, -0.2) is 8.42 Å². The van der Waals surface area contributed by atoms with E-state index in [2.05, 4.69) is 4.74 Å². The number of hydrogen-bond acceptors (Lipinski definition) is 4. The van der Waals surface area contributed by atoms with Crippen molar-refractivity contribution in [1.29, 1.82) is 0 Å². The Morgan fingerprint density at radius 2 is 1.66 bits per heavy atom. The van der Waals surface area contributed by atoms with Gasteiger partial charge < -0.3 is 9.64 Å². The van der Waals surface area contributed by atoms with Gasteiger partial charge in [-0.1, -0.05) is 23.7 Å². The van der Waals surface area contributed by atoms with Crippen molar-refractivity contribution in [2.45, 2.75) is 17.7 Å². The summed E-state index contributed by atoms with van der Waals surface area (Å²) in [5.41, 5.74) is -1.39. The van der Waals surface area contributed by atoms with E-state index in [0.717, 1.165) is 16.4 Å². The third-order valence-electron chi connectivity index (χ3n) is 4.74. The number of piperazine rings is 1. The minimum absolute atomic E-state index is 0.0964. The second-order valence-corrected chi connectivity index (χ2v) is 9.06. The molecular formula is C19H16ClF5N2O4S.